The molecule has 9 heteroatoms. The Bertz CT molecular complexity index is 770. The predicted molar refractivity (Wildman–Crippen MR) is 111 cm³/mol. The summed E-state index contributed by atoms with van der Waals surface area (Å²) in [6.07, 6.45) is -1.94. The van der Waals surface area contributed by atoms with Crippen molar-refractivity contribution in [2.45, 2.75) is 37.1 Å². The first kappa shape index (κ1) is 22.1. The first-order chi connectivity index (χ1) is 13.7. The third kappa shape index (κ3) is 4.60. The van der Waals surface area contributed by atoms with Gasteiger partial charge in [-0.2, -0.15) is 13.2 Å². The molecule has 2 aliphatic heterocycles. The highest BCUT2D eigenvalue weighted by atomic mass is 35.5. The zero-order valence-electron chi connectivity index (χ0n) is 16.7. The minimum absolute atomic E-state index is 0.273. The van der Waals surface area contributed by atoms with E-state index in [1.54, 1.807) is 20.0 Å². The Kier molecular flexibility index (Phi) is 6.57. The zero-order valence-corrected chi connectivity index (χ0v) is 17.4. The smallest absolute Gasteiger partial charge is 0.340 e. The molecule has 0 amide bonds. The summed E-state index contributed by atoms with van der Waals surface area (Å²) in [5.74, 6) is 0.332. The average molecular weight is 430 g/mol. The van der Waals surface area contributed by atoms with Crippen molar-refractivity contribution in [2.24, 2.45) is 4.99 Å². The number of likely N-dealkylation sites (tertiary alicyclic amines) is 2. The quantitative estimate of drug-likeness (QED) is 0.391. The molecule has 0 aromatic heterocycles. The maximum absolute atomic E-state index is 13.0. The molecule has 0 spiro atoms. The van der Waals surface area contributed by atoms with E-state index in [1.165, 1.54) is 18.9 Å². The third-order valence-corrected chi connectivity index (χ3v) is 6.46. The minimum atomic E-state index is -4.42. The van der Waals surface area contributed by atoms with Crippen molar-refractivity contribution in [3.8, 4) is 0 Å². The van der Waals surface area contributed by atoms with Gasteiger partial charge < -0.3 is 5.32 Å². The summed E-state index contributed by atoms with van der Waals surface area (Å²) in [6, 6.07) is 5.45. The largest absolute Gasteiger partial charge is 0.416 e. The average Bonchev–Trinajstić information content (AvgIpc) is 3.17. The standard InChI is InChI=1S/C20H27ClF3N5/c1-14(18(25-2)27-16-8-6-7-15(11-16)20(22,23)24)19(21,26-3)29-12-17(13-29)28-9-4-5-10-28/h6-8,11,17,26-27H,2,4-5,9-10,12-13H2,1,3H3/b18-14+. The molecular formula is C20H27ClF3N5. The molecule has 2 heterocycles. The van der Waals surface area contributed by atoms with Gasteiger partial charge in [0.25, 0.3) is 0 Å². The van der Waals surface area contributed by atoms with E-state index in [0.29, 0.717) is 17.4 Å². The van der Waals surface area contributed by atoms with Crippen LogP contribution >= 0.6 is 11.6 Å². The summed E-state index contributed by atoms with van der Waals surface area (Å²) in [7, 11) is 1.75. The number of aliphatic imine (C=N–C) groups is 1. The lowest BCUT2D eigenvalue weighted by Gasteiger charge is -2.52. The molecule has 1 unspecified atom stereocenters. The predicted octanol–water partition coefficient (Wildman–Crippen LogP) is 3.94. The lowest BCUT2D eigenvalue weighted by Crippen LogP contribution is -2.68. The fourth-order valence-electron chi connectivity index (χ4n) is 3.95. The maximum Gasteiger partial charge on any atom is 0.416 e. The van der Waals surface area contributed by atoms with Crippen LogP contribution in [0.2, 0.25) is 0 Å². The topological polar surface area (TPSA) is 42.9 Å². The Balaban J connectivity index is 1.78. The van der Waals surface area contributed by atoms with Gasteiger partial charge in [0, 0.05) is 30.4 Å². The Labute approximate surface area is 174 Å². The first-order valence-electron chi connectivity index (χ1n) is 9.68. The summed E-state index contributed by atoms with van der Waals surface area (Å²) in [5, 5.41) is 5.08. The Morgan fingerprint density at radius 2 is 1.90 bits per heavy atom. The van der Waals surface area contributed by atoms with Gasteiger partial charge in [0.05, 0.1) is 5.56 Å². The number of benzene rings is 1. The molecule has 1 aromatic rings. The van der Waals surface area contributed by atoms with Crippen LogP contribution in [0.4, 0.5) is 18.9 Å². The molecule has 0 saturated carbocycles. The lowest BCUT2D eigenvalue weighted by molar-refractivity contribution is -0.137. The van der Waals surface area contributed by atoms with Crippen molar-refractivity contribution in [2.75, 3.05) is 38.5 Å². The molecule has 160 valence electrons. The van der Waals surface area contributed by atoms with Crippen molar-refractivity contribution >= 4 is 24.0 Å². The number of likely N-dealkylation sites (N-methyl/N-ethyl adjacent to an activating group) is 1. The lowest BCUT2D eigenvalue weighted by atomic mass is 10.0. The van der Waals surface area contributed by atoms with Crippen LogP contribution < -0.4 is 10.6 Å². The molecule has 29 heavy (non-hydrogen) atoms. The molecule has 2 fully saturated rings. The van der Waals surface area contributed by atoms with Gasteiger partial charge in [-0.15, -0.1) is 0 Å². The number of hydrogen-bond donors (Lipinski definition) is 2. The van der Waals surface area contributed by atoms with Crippen LogP contribution in [0.1, 0.15) is 25.3 Å². The molecule has 1 atom stereocenters. The second kappa shape index (κ2) is 8.63. The van der Waals surface area contributed by atoms with E-state index in [2.05, 4.69) is 32.1 Å². The van der Waals surface area contributed by atoms with Crippen molar-refractivity contribution in [1.82, 2.24) is 15.1 Å². The third-order valence-electron chi connectivity index (χ3n) is 5.75. The second-order valence-corrected chi connectivity index (χ2v) is 8.06. The van der Waals surface area contributed by atoms with Crippen LogP contribution in [0.15, 0.2) is 40.7 Å². The summed E-state index contributed by atoms with van der Waals surface area (Å²) in [4.78, 5) is 8.59. The fraction of sp³-hybridized carbons (Fsp3) is 0.550. The second-order valence-electron chi connectivity index (χ2n) is 7.51. The van der Waals surface area contributed by atoms with E-state index in [9.17, 15) is 13.2 Å². The fourth-order valence-corrected chi connectivity index (χ4v) is 4.17. The first-order valence-corrected chi connectivity index (χ1v) is 10.1. The van der Waals surface area contributed by atoms with Gasteiger partial charge in [0.2, 0.25) is 0 Å². The highest BCUT2D eigenvalue weighted by molar-refractivity contribution is 6.25. The van der Waals surface area contributed by atoms with Gasteiger partial charge in [-0.3, -0.25) is 15.1 Å². The van der Waals surface area contributed by atoms with Gasteiger partial charge in [-0.25, -0.2) is 4.99 Å². The van der Waals surface area contributed by atoms with E-state index in [0.717, 1.165) is 38.3 Å². The van der Waals surface area contributed by atoms with Crippen LogP contribution in [-0.4, -0.2) is 60.9 Å². The van der Waals surface area contributed by atoms with Crippen LogP contribution in [0.25, 0.3) is 0 Å². The molecular weight excluding hydrogens is 403 g/mol. The zero-order chi connectivity index (χ0) is 21.2. The number of alkyl halides is 4. The van der Waals surface area contributed by atoms with E-state index >= 15 is 0 Å². The van der Waals surface area contributed by atoms with Crippen LogP contribution in [0.5, 0.6) is 0 Å². The molecule has 2 saturated heterocycles. The molecule has 0 aliphatic carbocycles. The Morgan fingerprint density at radius 1 is 1.24 bits per heavy atom. The number of rotatable bonds is 7. The van der Waals surface area contributed by atoms with Crippen LogP contribution in [0.3, 0.4) is 0 Å². The maximum atomic E-state index is 13.0. The highest BCUT2D eigenvalue weighted by Crippen LogP contribution is 2.36. The van der Waals surface area contributed by atoms with E-state index in [4.69, 9.17) is 11.6 Å². The monoisotopic (exact) mass is 429 g/mol. The van der Waals surface area contributed by atoms with E-state index < -0.39 is 16.9 Å². The van der Waals surface area contributed by atoms with Crippen LogP contribution in [-0.2, 0) is 6.18 Å². The number of nitrogens with zero attached hydrogens (tertiary/aromatic N) is 3. The number of anilines is 1. The molecule has 1 aromatic carbocycles. The van der Waals surface area contributed by atoms with Gasteiger partial charge in [-0.1, -0.05) is 17.7 Å². The summed E-state index contributed by atoms with van der Waals surface area (Å²) < 4.78 is 39.0. The van der Waals surface area contributed by atoms with Gasteiger partial charge in [0.1, 0.15) is 5.82 Å². The Morgan fingerprint density at radius 3 is 2.45 bits per heavy atom. The molecule has 2 aliphatic rings. The van der Waals surface area contributed by atoms with Crippen molar-refractivity contribution in [1.29, 1.82) is 0 Å². The van der Waals surface area contributed by atoms with Crippen molar-refractivity contribution in [3.63, 3.8) is 0 Å². The molecule has 0 bridgehead atoms. The van der Waals surface area contributed by atoms with Crippen molar-refractivity contribution in [3.05, 3.63) is 41.2 Å². The molecule has 2 N–H and O–H groups in total. The summed E-state index contributed by atoms with van der Waals surface area (Å²) in [6.45, 7) is 9.25. The Hall–Kier alpha value is -1.61. The van der Waals surface area contributed by atoms with Gasteiger partial charge in [0.15, 0.2) is 5.12 Å². The summed E-state index contributed by atoms with van der Waals surface area (Å²) in [5.41, 5.74) is 0.190. The SMILES string of the molecule is C=N/C(Nc1cccc(C(F)(F)F)c1)=C(/C)C(Cl)(NC)N1CC(N2CCCC2)C1. The minimum Gasteiger partial charge on any atom is -0.340 e. The number of halogens is 4. The van der Waals surface area contributed by atoms with E-state index in [-0.39, 0.29) is 5.69 Å². The highest BCUT2D eigenvalue weighted by Gasteiger charge is 2.46. The molecule has 3 rings (SSSR count). The van der Waals surface area contributed by atoms with Gasteiger partial charge in [-0.05, 0) is 64.8 Å². The van der Waals surface area contributed by atoms with E-state index in [1.807, 2.05) is 0 Å². The van der Waals surface area contributed by atoms with Crippen molar-refractivity contribution < 1.29 is 13.2 Å². The number of nitrogens with one attached hydrogen (secondary N) is 2. The normalized spacial score (nSPS) is 22.0. The number of hydrogen-bond acceptors (Lipinski definition) is 5. The van der Waals surface area contributed by atoms with Gasteiger partial charge >= 0.3 is 6.18 Å². The molecule has 0 radical (unpaired) electrons. The summed E-state index contributed by atoms with van der Waals surface area (Å²) >= 11 is 6.92. The van der Waals surface area contributed by atoms with Crippen LogP contribution in [0, 0.1) is 0 Å². The molecule has 5 nitrogen and oxygen atoms in total.